The number of hydrazone groups is 1. The fraction of sp³-hybridized carbons (Fsp3) is 0.125. The van der Waals surface area contributed by atoms with Crippen molar-refractivity contribution in [2.45, 2.75) is 11.8 Å². The average molecular weight is 331 g/mol. The second-order valence-electron chi connectivity index (χ2n) is 4.84. The summed E-state index contributed by atoms with van der Waals surface area (Å²) in [5.41, 5.74) is 4.20. The van der Waals surface area contributed by atoms with Gasteiger partial charge in [-0.1, -0.05) is 48.0 Å². The van der Waals surface area contributed by atoms with Gasteiger partial charge in [-0.05, 0) is 24.6 Å². The highest BCUT2D eigenvalue weighted by Crippen LogP contribution is 2.06. The van der Waals surface area contributed by atoms with Crippen molar-refractivity contribution in [2.24, 2.45) is 5.10 Å². The highest BCUT2D eigenvalue weighted by molar-refractivity contribution is 7.89. The smallest absolute Gasteiger partial charge is 0.255 e. The quantitative estimate of drug-likeness (QED) is 0.620. The first-order chi connectivity index (χ1) is 11.0. The Balaban J connectivity index is 1.86. The summed E-state index contributed by atoms with van der Waals surface area (Å²) in [4.78, 5) is 11.7. The predicted molar refractivity (Wildman–Crippen MR) is 88.5 cm³/mol. The Morgan fingerprint density at radius 2 is 1.87 bits per heavy atom. The number of nitrogens with one attached hydrogen (secondary N) is 2. The molecule has 120 valence electrons. The Labute approximate surface area is 135 Å². The van der Waals surface area contributed by atoms with Crippen LogP contribution in [0.5, 0.6) is 0 Å². The van der Waals surface area contributed by atoms with Crippen molar-refractivity contribution < 1.29 is 13.2 Å². The van der Waals surface area contributed by atoms with Crippen molar-refractivity contribution in [3.05, 3.63) is 65.7 Å². The molecule has 2 aromatic carbocycles. The Kier molecular flexibility index (Phi) is 5.61. The van der Waals surface area contributed by atoms with Gasteiger partial charge in [0.2, 0.25) is 10.0 Å². The van der Waals surface area contributed by atoms with Crippen LogP contribution in [0.4, 0.5) is 0 Å². The minimum Gasteiger partial charge on any atom is -0.272 e. The van der Waals surface area contributed by atoms with E-state index in [9.17, 15) is 13.2 Å². The second-order valence-corrected chi connectivity index (χ2v) is 6.61. The highest BCUT2D eigenvalue weighted by atomic mass is 32.2. The van der Waals surface area contributed by atoms with Gasteiger partial charge in [0, 0.05) is 0 Å². The van der Waals surface area contributed by atoms with Gasteiger partial charge in [0.25, 0.3) is 5.91 Å². The summed E-state index contributed by atoms with van der Waals surface area (Å²) in [5, 5.41) is 3.80. The summed E-state index contributed by atoms with van der Waals surface area (Å²) < 4.78 is 26.1. The molecule has 0 fully saturated rings. The molecule has 0 saturated carbocycles. The summed E-state index contributed by atoms with van der Waals surface area (Å²) in [6.45, 7) is 1.57. The summed E-state index contributed by atoms with van der Waals surface area (Å²) in [7, 11) is -3.70. The molecule has 0 atom stereocenters. The molecule has 0 aliphatic heterocycles. The Morgan fingerprint density at radius 1 is 1.13 bits per heavy atom. The van der Waals surface area contributed by atoms with E-state index in [4.69, 9.17) is 0 Å². The van der Waals surface area contributed by atoms with Crippen molar-refractivity contribution in [1.29, 1.82) is 0 Å². The molecule has 0 spiro atoms. The zero-order valence-corrected chi connectivity index (χ0v) is 13.4. The van der Waals surface area contributed by atoms with Gasteiger partial charge in [0.05, 0.1) is 17.7 Å². The largest absolute Gasteiger partial charge is 0.272 e. The number of sulfonamides is 1. The molecule has 0 radical (unpaired) electrons. The van der Waals surface area contributed by atoms with Gasteiger partial charge < -0.3 is 0 Å². The molecule has 2 rings (SSSR count). The predicted octanol–water partition coefficient (Wildman–Crippen LogP) is 1.42. The Hall–Kier alpha value is -2.51. The lowest BCUT2D eigenvalue weighted by Crippen LogP contribution is -2.34. The minimum atomic E-state index is -3.70. The third-order valence-corrected chi connectivity index (χ3v) is 4.34. The lowest BCUT2D eigenvalue weighted by Gasteiger charge is -2.05. The summed E-state index contributed by atoms with van der Waals surface area (Å²) in [6, 6.07) is 15.4. The topological polar surface area (TPSA) is 87.6 Å². The van der Waals surface area contributed by atoms with Gasteiger partial charge in [-0.3, -0.25) is 4.79 Å². The fourth-order valence-corrected chi connectivity index (χ4v) is 2.82. The second kappa shape index (κ2) is 7.66. The van der Waals surface area contributed by atoms with Crippen LogP contribution in [0.15, 0.2) is 64.6 Å². The van der Waals surface area contributed by atoms with E-state index >= 15 is 0 Å². The summed E-state index contributed by atoms with van der Waals surface area (Å²) in [5.74, 6) is -0.548. The van der Waals surface area contributed by atoms with Crippen LogP contribution in [0.2, 0.25) is 0 Å². The molecule has 0 heterocycles. The van der Waals surface area contributed by atoms with Gasteiger partial charge in [0.1, 0.15) is 0 Å². The maximum Gasteiger partial charge on any atom is 0.255 e. The van der Waals surface area contributed by atoms with Crippen LogP contribution in [-0.2, 0) is 14.8 Å². The van der Waals surface area contributed by atoms with Gasteiger partial charge in [0.15, 0.2) is 0 Å². The van der Waals surface area contributed by atoms with E-state index in [0.29, 0.717) is 0 Å². The molecule has 0 saturated heterocycles. The summed E-state index contributed by atoms with van der Waals surface area (Å²) >= 11 is 0. The van der Waals surface area contributed by atoms with Crippen LogP contribution in [0.25, 0.3) is 0 Å². The SMILES string of the molecule is Cc1cccc(C=NNC(=O)CNS(=O)(=O)c2ccccc2)c1. The third kappa shape index (κ3) is 5.32. The number of benzene rings is 2. The van der Waals surface area contributed by atoms with Crippen LogP contribution < -0.4 is 10.1 Å². The fourth-order valence-electron chi connectivity index (χ4n) is 1.81. The van der Waals surface area contributed by atoms with Crippen molar-refractivity contribution in [3.8, 4) is 0 Å². The number of hydrogen-bond acceptors (Lipinski definition) is 4. The average Bonchev–Trinajstić information content (AvgIpc) is 2.54. The molecule has 0 unspecified atom stereocenters. The first-order valence-electron chi connectivity index (χ1n) is 6.91. The molecule has 1 amide bonds. The van der Waals surface area contributed by atoms with Crippen molar-refractivity contribution in [1.82, 2.24) is 10.1 Å². The molecule has 0 aliphatic rings. The third-order valence-electron chi connectivity index (χ3n) is 2.92. The van der Waals surface area contributed by atoms with Gasteiger partial charge in [-0.25, -0.2) is 18.6 Å². The number of amides is 1. The number of rotatable bonds is 6. The summed E-state index contributed by atoms with van der Waals surface area (Å²) in [6.07, 6.45) is 1.50. The normalized spacial score (nSPS) is 11.5. The van der Waals surface area contributed by atoms with Crippen LogP contribution in [0.1, 0.15) is 11.1 Å². The number of carbonyl (C=O) groups is 1. The first kappa shape index (κ1) is 16.9. The Morgan fingerprint density at radius 3 is 2.57 bits per heavy atom. The number of carbonyl (C=O) groups excluding carboxylic acids is 1. The standard InChI is InChI=1S/C16H17N3O3S/c1-13-6-5-7-14(10-13)11-17-19-16(20)12-18-23(21,22)15-8-3-2-4-9-15/h2-11,18H,12H2,1H3,(H,19,20). The lowest BCUT2D eigenvalue weighted by atomic mass is 10.2. The van der Waals surface area contributed by atoms with Crippen molar-refractivity contribution >= 4 is 22.1 Å². The lowest BCUT2D eigenvalue weighted by molar-refractivity contribution is -0.119. The van der Waals surface area contributed by atoms with Crippen molar-refractivity contribution in [2.75, 3.05) is 6.54 Å². The Bertz CT molecular complexity index is 802. The monoisotopic (exact) mass is 331 g/mol. The maximum atomic E-state index is 11.9. The van der Waals surface area contributed by atoms with Crippen LogP contribution in [0.3, 0.4) is 0 Å². The molecule has 0 aromatic heterocycles. The van der Waals surface area contributed by atoms with Crippen LogP contribution in [0, 0.1) is 6.92 Å². The zero-order valence-electron chi connectivity index (χ0n) is 12.6. The first-order valence-corrected chi connectivity index (χ1v) is 8.39. The molecule has 0 aliphatic carbocycles. The molecule has 2 N–H and O–H groups in total. The molecule has 2 aromatic rings. The van der Waals surface area contributed by atoms with Crippen molar-refractivity contribution in [3.63, 3.8) is 0 Å². The van der Waals surface area contributed by atoms with E-state index in [1.165, 1.54) is 18.3 Å². The molecule has 6 nitrogen and oxygen atoms in total. The number of nitrogens with zero attached hydrogens (tertiary/aromatic N) is 1. The van der Waals surface area contributed by atoms with E-state index in [1.807, 2.05) is 31.2 Å². The maximum absolute atomic E-state index is 11.9. The van der Waals surface area contributed by atoms with E-state index in [-0.39, 0.29) is 11.4 Å². The van der Waals surface area contributed by atoms with E-state index in [2.05, 4.69) is 15.2 Å². The highest BCUT2D eigenvalue weighted by Gasteiger charge is 2.14. The molecule has 23 heavy (non-hydrogen) atoms. The number of aryl methyl sites for hydroxylation is 1. The molecule has 7 heteroatoms. The van der Waals surface area contributed by atoms with Crippen LogP contribution in [-0.4, -0.2) is 27.1 Å². The number of hydrogen-bond donors (Lipinski definition) is 2. The van der Waals surface area contributed by atoms with Gasteiger partial charge in [-0.2, -0.15) is 5.10 Å². The van der Waals surface area contributed by atoms with Gasteiger partial charge in [-0.15, -0.1) is 0 Å². The van der Waals surface area contributed by atoms with Gasteiger partial charge >= 0.3 is 0 Å². The molecular weight excluding hydrogens is 314 g/mol. The van der Waals surface area contributed by atoms with Crippen LogP contribution >= 0.6 is 0 Å². The van der Waals surface area contributed by atoms with E-state index in [0.717, 1.165) is 11.1 Å². The molecular formula is C16H17N3O3S. The molecule has 0 bridgehead atoms. The zero-order chi connectivity index (χ0) is 16.7. The van der Waals surface area contributed by atoms with E-state index in [1.54, 1.807) is 18.2 Å². The minimum absolute atomic E-state index is 0.107. The van der Waals surface area contributed by atoms with E-state index < -0.39 is 15.9 Å².